The molecule has 1 unspecified atom stereocenters. The normalized spacial score (nSPS) is 16.2. The van der Waals surface area contributed by atoms with E-state index in [1.807, 2.05) is 19.1 Å². The van der Waals surface area contributed by atoms with E-state index in [4.69, 9.17) is 0 Å². The average Bonchev–Trinajstić information content (AvgIpc) is 2.62. The van der Waals surface area contributed by atoms with Crippen LogP contribution in [0.2, 0.25) is 0 Å². The molecule has 0 radical (unpaired) electrons. The van der Waals surface area contributed by atoms with Crippen LogP contribution in [0.4, 0.5) is 9.18 Å². The van der Waals surface area contributed by atoms with Crippen LogP contribution in [0.3, 0.4) is 0 Å². The molecule has 1 aromatic heterocycles. The Hall–Kier alpha value is -2.76. The van der Waals surface area contributed by atoms with Gasteiger partial charge in [0.2, 0.25) is 5.91 Å². The van der Waals surface area contributed by atoms with Gasteiger partial charge in [0.1, 0.15) is 5.82 Å². The maximum Gasteiger partial charge on any atom is 0.327 e. The minimum absolute atomic E-state index is 0.0608. The molecule has 0 spiro atoms. The first-order valence-electron chi connectivity index (χ1n) is 8.28. The van der Waals surface area contributed by atoms with Crippen molar-refractivity contribution in [3.8, 4) is 0 Å². The minimum Gasteiger partial charge on any atom is -0.319 e. The first-order chi connectivity index (χ1) is 12.0. The third-order valence-electron chi connectivity index (χ3n) is 4.42. The van der Waals surface area contributed by atoms with Gasteiger partial charge in [0.05, 0.1) is 0 Å². The van der Waals surface area contributed by atoms with Crippen molar-refractivity contribution in [3.63, 3.8) is 0 Å². The monoisotopic (exact) mass is 341 g/mol. The maximum atomic E-state index is 13.1. The smallest absolute Gasteiger partial charge is 0.319 e. The molecule has 5 nitrogen and oxygen atoms in total. The molecule has 2 aromatic rings. The number of hydrogen-bond acceptors (Lipinski definition) is 3. The number of pyridine rings is 1. The van der Waals surface area contributed by atoms with Crippen molar-refractivity contribution < 1.29 is 14.0 Å². The Morgan fingerprint density at radius 3 is 2.48 bits per heavy atom. The summed E-state index contributed by atoms with van der Waals surface area (Å²) in [5, 5.41) is 0. The van der Waals surface area contributed by atoms with Gasteiger partial charge in [-0.05, 0) is 41.3 Å². The number of benzene rings is 1. The summed E-state index contributed by atoms with van der Waals surface area (Å²) < 4.78 is 13.1. The molecule has 2 heterocycles. The highest BCUT2D eigenvalue weighted by molar-refractivity contribution is 5.96. The Morgan fingerprint density at radius 2 is 1.80 bits per heavy atom. The van der Waals surface area contributed by atoms with E-state index in [9.17, 15) is 14.0 Å². The second-order valence-electron chi connectivity index (χ2n) is 6.27. The van der Waals surface area contributed by atoms with Crippen LogP contribution < -0.4 is 0 Å². The van der Waals surface area contributed by atoms with E-state index in [2.05, 4.69) is 4.98 Å². The fourth-order valence-corrected chi connectivity index (χ4v) is 2.94. The summed E-state index contributed by atoms with van der Waals surface area (Å²) in [6, 6.07) is 9.59. The van der Waals surface area contributed by atoms with Gasteiger partial charge in [0.15, 0.2) is 0 Å². The van der Waals surface area contributed by atoms with Gasteiger partial charge >= 0.3 is 6.03 Å². The highest BCUT2D eigenvalue weighted by Crippen LogP contribution is 2.21. The third-order valence-corrected chi connectivity index (χ3v) is 4.42. The van der Waals surface area contributed by atoms with E-state index in [1.54, 1.807) is 29.4 Å². The molecule has 3 rings (SSSR count). The van der Waals surface area contributed by atoms with Gasteiger partial charge in [-0.25, -0.2) is 9.18 Å². The van der Waals surface area contributed by atoms with E-state index in [0.717, 1.165) is 11.1 Å². The van der Waals surface area contributed by atoms with Gasteiger partial charge in [-0.2, -0.15) is 0 Å². The molecule has 3 amide bonds. The predicted octanol–water partition coefficient (Wildman–Crippen LogP) is 3.18. The molecule has 25 heavy (non-hydrogen) atoms. The molecular weight excluding hydrogens is 321 g/mol. The van der Waals surface area contributed by atoms with Crippen LogP contribution in [0.1, 0.15) is 30.4 Å². The summed E-state index contributed by atoms with van der Waals surface area (Å²) in [5.74, 6) is -0.524. The molecule has 1 aromatic carbocycles. The van der Waals surface area contributed by atoms with Crippen molar-refractivity contribution in [1.82, 2.24) is 14.8 Å². The summed E-state index contributed by atoms with van der Waals surface area (Å²) in [6.45, 7) is 3.09. The van der Waals surface area contributed by atoms with Gasteiger partial charge < -0.3 is 4.90 Å². The number of rotatable bonds is 5. The lowest BCUT2D eigenvalue weighted by Gasteiger charge is -2.35. The second-order valence-corrected chi connectivity index (χ2v) is 6.27. The number of hydrogen-bond donors (Lipinski definition) is 0. The molecule has 1 aliphatic heterocycles. The van der Waals surface area contributed by atoms with Crippen molar-refractivity contribution in [3.05, 3.63) is 65.7 Å². The molecule has 0 N–H and O–H groups in total. The van der Waals surface area contributed by atoms with E-state index < -0.39 is 0 Å². The molecule has 6 heteroatoms. The highest BCUT2D eigenvalue weighted by Gasteiger charge is 2.32. The van der Waals surface area contributed by atoms with E-state index in [-0.39, 0.29) is 30.2 Å². The third kappa shape index (κ3) is 4.02. The SMILES string of the molecule is CC(CN1C(=O)CCN(Cc2ccncc2)C1=O)c1ccc(F)cc1. The lowest BCUT2D eigenvalue weighted by molar-refractivity contribution is -0.131. The highest BCUT2D eigenvalue weighted by atomic mass is 19.1. The van der Waals surface area contributed by atoms with Crippen LogP contribution >= 0.6 is 0 Å². The molecule has 1 fully saturated rings. The molecular formula is C19H20FN3O2. The predicted molar refractivity (Wildman–Crippen MR) is 91.2 cm³/mol. The van der Waals surface area contributed by atoms with Crippen LogP contribution in [0.25, 0.3) is 0 Å². The van der Waals surface area contributed by atoms with Gasteiger partial charge in [-0.15, -0.1) is 0 Å². The zero-order valence-corrected chi connectivity index (χ0v) is 14.1. The fraction of sp³-hybridized carbons (Fsp3) is 0.316. The summed E-state index contributed by atoms with van der Waals surface area (Å²) in [5.41, 5.74) is 1.87. The Balaban J connectivity index is 1.69. The Morgan fingerprint density at radius 1 is 1.12 bits per heavy atom. The van der Waals surface area contributed by atoms with Crippen LogP contribution in [0, 0.1) is 5.82 Å². The zero-order chi connectivity index (χ0) is 17.8. The second kappa shape index (κ2) is 7.42. The van der Waals surface area contributed by atoms with Crippen molar-refractivity contribution >= 4 is 11.9 Å². The summed E-state index contributed by atoms with van der Waals surface area (Å²) in [6.07, 6.45) is 3.68. The number of imide groups is 1. The first kappa shape index (κ1) is 17.1. The number of aromatic nitrogens is 1. The van der Waals surface area contributed by atoms with Crippen LogP contribution in [-0.2, 0) is 11.3 Å². The molecule has 1 atom stereocenters. The topological polar surface area (TPSA) is 53.5 Å². The lowest BCUT2D eigenvalue weighted by Crippen LogP contribution is -2.52. The zero-order valence-electron chi connectivity index (χ0n) is 14.1. The van der Waals surface area contributed by atoms with Crippen LogP contribution in [0.15, 0.2) is 48.8 Å². The van der Waals surface area contributed by atoms with E-state index in [1.165, 1.54) is 17.0 Å². The van der Waals surface area contributed by atoms with Crippen molar-refractivity contribution in [2.75, 3.05) is 13.1 Å². The quantitative estimate of drug-likeness (QED) is 0.839. The van der Waals surface area contributed by atoms with Crippen molar-refractivity contribution in [1.29, 1.82) is 0 Å². The minimum atomic E-state index is -0.301. The maximum absolute atomic E-state index is 13.1. The van der Waals surface area contributed by atoms with Crippen LogP contribution in [-0.4, -0.2) is 39.8 Å². The summed E-state index contributed by atoms with van der Waals surface area (Å²) in [4.78, 5) is 31.9. The largest absolute Gasteiger partial charge is 0.327 e. The average molecular weight is 341 g/mol. The number of amides is 3. The number of carbonyl (C=O) groups excluding carboxylic acids is 2. The summed E-state index contributed by atoms with van der Waals surface area (Å²) in [7, 11) is 0. The van der Waals surface area contributed by atoms with Crippen molar-refractivity contribution in [2.24, 2.45) is 0 Å². The summed E-state index contributed by atoms with van der Waals surface area (Å²) >= 11 is 0. The molecule has 130 valence electrons. The Kier molecular flexibility index (Phi) is 5.07. The van der Waals surface area contributed by atoms with Gasteiger partial charge in [-0.1, -0.05) is 19.1 Å². The number of nitrogens with zero attached hydrogens (tertiary/aromatic N) is 3. The first-order valence-corrected chi connectivity index (χ1v) is 8.28. The molecule has 1 aliphatic rings. The Bertz CT molecular complexity index is 749. The van der Waals surface area contributed by atoms with Crippen molar-refractivity contribution in [2.45, 2.75) is 25.8 Å². The lowest BCUT2D eigenvalue weighted by atomic mass is 10.00. The number of halogens is 1. The van der Waals surface area contributed by atoms with E-state index in [0.29, 0.717) is 19.5 Å². The van der Waals surface area contributed by atoms with Gasteiger partial charge in [0, 0.05) is 38.4 Å². The number of urea groups is 1. The molecule has 0 saturated carbocycles. The molecule has 0 bridgehead atoms. The van der Waals surface area contributed by atoms with E-state index >= 15 is 0 Å². The van der Waals surface area contributed by atoms with Gasteiger partial charge in [-0.3, -0.25) is 14.7 Å². The van der Waals surface area contributed by atoms with Crippen LogP contribution in [0.5, 0.6) is 0 Å². The van der Waals surface area contributed by atoms with Gasteiger partial charge in [0.25, 0.3) is 0 Å². The fourth-order valence-electron chi connectivity index (χ4n) is 2.94. The molecule has 0 aliphatic carbocycles. The number of carbonyl (C=O) groups is 2. The molecule has 1 saturated heterocycles. The standard InChI is InChI=1S/C19H20FN3O2/c1-14(16-2-4-17(20)5-3-16)12-23-18(24)8-11-22(19(23)25)13-15-6-9-21-10-7-15/h2-7,9-10,14H,8,11-13H2,1H3. The Labute approximate surface area is 146 Å².